The Bertz CT molecular complexity index is 171. The van der Waals surface area contributed by atoms with Crippen LogP contribution in [-0.2, 0) is 0 Å². The van der Waals surface area contributed by atoms with E-state index < -0.39 is 0 Å². The van der Waals surface area contributed by atoms with Crippen molar-refractivity contribution < 1.29 is 5.11 Å². The molecule has 2 rings (SSSR count). The number of likely N-dealkylation sites (tertiary alicyclic amines) is 1. The molecule has 0 radical (unpaired) electrons. The van der Waals surface area contributed by atoms with Crippen molar-refractivity contribution in [1.29, 1.82) is 0 Å². The smallest absolute Gasteiger partial charge is 0.0436 e. The van der Waals surface area contributed by atoms with Gasteiger partial charge in [-0.15, -0.1) is 0 Å². The fourth-order valence-corrected chi connectivity index (χ4v) is 2.44. The predicted molar refractivity (Wildman–Crippen MR) is 53.6 cm³/mol. The molecule has 76 valence electrons. The third kappa shape index (κ3) is 2.05. The van der Waals surface area contributed by atoms with Crippen LogP contribution in [-0.4, -0.2) is 36.2 Å². The van der Waals surface area contributed by atoms with Crippen LogP contribution in [0.5, 0.6) is 0 Å². The quantitative estimate of drug-likeness (QED) is 0.698. The Balaban J connectivity index is 1.68. The fourth-order valence-electron chi connectivity index (χ4n) is 2.44. The third-order valence-corrected chi connectivity index (χ3v) is 3.77. The minimum absolute atomic E-state index is 0.380. The van der Waals surface area contributed by atoms with Gasteiger partial charge in [0.2, 0.25) is 0 Å². The number of hydrogen-bond acceptors (Lipinski definition) is 2. The Morgan fingerprint density at radius 3 is 2.54 bits per heavy atom. The molecular weight excluding hydrogens is 162 g/mol. The van der Waals surface area contributed by atoms with Crippen molar-refractivity contribution >= 4 is 0 Å². The maximum absolute atomic E-state index is 8.93. The molecular formula is C11H21NO. The largest absolute Gasteiger partial charge is 0.396 e. The van der Waals surface area contributed by atoms with E-state index >= 15 is 0 Å². The molecule has 2 nitrogen and oxygen atoms in total. The predicted octanol–water partition coefficient (Wildman–Crippen LogP) is 1.49. The molecule has 2 fully saturated rings. The summed E-state index contributed by atoms with van der Waals surface area (Å²) in [4.78, 5) is 2.57. The van der Waals surface area contributed by atoms with E-state index in [1.165, 1.54) is 38.9 Å². The molecule has 1 N–H and O–H groups in total. The standard InChI is InChI=1S/C11H21NO/c1-2-10-7-12(8-10)9-11(3-4-11)5-6-13/h10,13H,2-9H2,1H3. The molecule has 0 aromatic heterocycles. The average molecular weight is 183 g/mol. The van der Waals surface area contributed by atoms with Gasteiger partial charge in [0.15, 0.2) is 0 Å². The third-order valence-electron chi connectivity index (χ3n) is 3.77. The summed E-state index contributed by atoms with van der Waals surface area (Å²) in [5.74, 6) is 0.963. The second-order valence-corrected chi connectivity index (χ2v) is 4.94. The van der Waals surface area contributed by atoms with Crippen LogP contribution in [0.25, 0.3) is 0 Å². The van der Waals surface area contributed by atoms with Crippen molar-refractivity contribution in [2.24, 2.45) is 11.3 Å². The van der Waals surface area contributed by atoms with Gasteiger partial charge in [-0.05, 0) is 30.6 Å². The maximum Gasteiger partial charge on any atom is 0.0436 e. The lowest BCUT2D eigenvalue weighted by molar-refractivity contribution is 0.0668. The molecule has 2 heteroatoms. The van der Waals surface area contributed by atoms with Gasteiger partial charge in [-0.25, -0.2) is 0 Å². The van der Waals surface area contributed by atoms with E-state index in [4.69, 9.17) is 5.11 Å². The van der Waals surface area contributed by atoms with Crippen molar-refractivity contribution in [3.63, 3.8) is 0 Å². The summed E-state index contributed by atoms with van der Waals surface area (Å²) in [5.41, 5.74) is 0.535. The van der Waals surface area contributed by atoms with Gasteiger partial charge < -0.3 is 10.0 Å². The highest BCUT2D eigenvalue weighted by molar-refractivity contribution is 4.97. The van der Waals surface area contributed by atoms with Gasteiger partial charge in [0, 0.05) is 26.2 Å². The lowest BCUT2D eigenvalue weighted by atomic mass is 9.93. The van der Waals surface area contributed by atoms with Crippen LogP contribution in [0.3, 0.4) is 0 Å². The van der Waals surface area contributed by atoms with Gasteiger partial charge >= 0.3 is 0 Å². The van der Waals surface area contributed by atoms with Crippen LogP contribution in [0.4, 0.5) is 0 Å². The summed E-state index contributed by atoms with van der Waals surface area (Å²) in [5, 5.41) is 8.93. The van der Waals surface area contributed by atoms with E-state index in [0.717, 1.165) is 12.3 Å². The highest BCUT2D eigenvalue weighted by Gasteiger charge is 2.44. The van der Waals surface area contributed by atoms with Crippen LogP contribution < -0.4 is 0 Å². The number of hydrogen-bond donors (Lipinski definition) is 1. The zero-order chi connectivity index (χ0) is 9.31. The van der Waals surface area contributed by atoms with E-state index in [9.17, 15) is 0 Å². The highest BCUT2D eigenvalue weighted by atomic mass is 16.3. The molecule has 0 amide bonds. The molecule has 2 aliphatic rings. The topological polar surface area (TPSA) is 23.5 Å². The van der Waals surface area contributed by atoms with Crippen LogP contribution >= 0.6 is 0 Å². The Kier molecular flexibility index (Phi) is 2.61. The minimum Gasteiger partial charge on any atom is -0.396 e. The van der Waals surface area contributed by atoms with Gasteiger partial charge in [-0.2, -0.15) is 0 Å². The minimum atomic E-state index is 0.380. The van der Waals surface area contributed by atoms with Crippen LogP contribution in [0.15, 0.2) is 0 Å². The zero-order valence-corrected chi connectivity index (χ0v) is 8.63. The molecule has 0 spiro atoms. The molecule has 0 aromatic carbocycles. The molecule has 1 aliphatic heterocycles. The monoisotopic (exact) mass is 183 g/mol. The van der Waals surface area contributed by atoms with Gasteiger partial charge in [0.1, 0.15) is 0 Å². The first-order valence-electron chi connectivity index (χ1n) is 5.61. The highest BCUT2D eigenvalue weighted by Crippen LogP contribution is 2.49. The van der Waals surface area contributed by atoms with Crippen molar-refractivity contribution in [3.05, 3.63) is 0 Å². The maximum atomic E-state index is 8.93. The summed E-state index contributed by atoms with van der Waals surface area (Å²) in [7, 11) is 0. The lowest BCUT2D eigenvalue weighted by Gasteiger charge is -2.41. The molecule has 0 unspecified atom stereocenters. The van der Waals surface area contributed by atoms with Crippen molar-refractivity contribution in [3.8, 4) is 0 Å². The van der Waals surface area contributed by atoms with Gasteiger partial charge in [0.05, 0.1) is 0 Å². The van der Waals surface area contributed by atoms with E-state index in [-0.39, 0.29) is 0 Å². The van der Waals surface area contributed by atoms with E-state index in [2.05, 4.69) is 11.8 Å². The molecule has 13 heavy (non-hydrogen) atoms. The summed E-state index contributed by atoms with van der Waals surface area (Å²) in [6.07, 6.45) is 5.06. The number of nitrogens with zero attached hydrogens (tertiary/aromatic N) is 1. The molecule has 1 heterocycles. The van der Waals surface area contributed by atoms with E-state index in [1.54, 1.807) is 0 Å². The molecule has 1 saturated heterocycles. The Labute approximate surface area is 80.9 Å². The first-order chi connectivity index (χ1) is 6.28. The van der Waals surface area contributed by atoms with Crippen LogP contribution in [0.1, 0.15) is 32.6 Å². The molecule has 0 bridgehead atoms. The normalized spacial score (nSPS) is 27.2. The van der Waals surface area contributed by atoms with E-state index in [1.807, 2.05) is 0 Å². The number of rotatable bonds is 5. The summed E-state index contributed by atoms with van der Waals surface area (Å²) < 4.78 is 0. The second kappa shape index (κ2) is 3.58. The lowest BCUT2D eigenvalue weighted by Crippen LogP contribution is -2.48. The van der Waals surface area contributed by atoms with E-state index in [0.29, 0.717) is 12.0 Å². The second-order valence-electron chi connectivity index (χ2n) is 4.94. The van der Waals surface area contributed by atoms with Crippen molar-refractivity contribution in [1.82, 2.24) is 4.90 Å². The fraction of sp³-hybridized carbons (Fsp3) is 1.00. The number of aliphatic hydroxyl groups excluding tert-OH is 1. The van der Waals surface area contributed by atoms with Gasteiger partial charge in [0.25, 0.3) is 0 Å². The number of aliphatic hydroxyl groups is 1. The van der Waals surface area contributed by atoms with Crippen LogP contribution in [0.2, 0.25) is 0 Å². The average Bonchev–Trinajstić information content (AvgIpc) is 2.78. The summed E-state index contributed by atoms with van der Waals surface area (Å²) in [6.45, 7) is 6.53. The SMILES string of the molecule is CCC1CN(CC2(CCO)CC2)C1. The molecule has 0 aromatic rings. The van der Waals surface area contributed by atoms with Gasteiger partial charge in [-0.1, -0.05) is 13.3 Å². The molecule has 1 aliphatic carbocycles. The zero-order valence-electron chi connectivity index (χ0n) is 8.63. The Morgan fingerprint density at radius 1 is 1.38 bits per heavy atom. The van der Waals surface area contributed by atoms with Crippen LogP contribution in [0, 0.1) is 11.3 Å². The van der Waals surface area contributed by atoms with Crippen molar-refractivity contribution in [2.75, 3.05) is 26.2 Å². The Hall–Kier alpha value is -0.0800. The van der Waals surface area contributed by atoms with Gasteiger partial charge in [-0.3, -0.25) is 0 Å². The molecule has 1 saturated carbocycles. The summed E-state index contributed by atoms with van der Waals surface area (Å²) >= 11 is 0. The van der Waals surface area contributed by atoms with Crippen molar-refractivity contribution in [2.45, 2.75) is 32.6 Å². The summed E-state index contributed by atoms with van der Waals surface area (Å²) in [6, 6.07) is 0. The first kappa shape index (κ1) is 9.47. The first-order valence-corrected chi connectivity index (χ1v) is 5.61. The Morgan fingerprint density at radius 2 is 2.08 bits per heavy atom. The molecule has 0 atom stereocenters.